The number of aliphatic hydroxyl groups excluding tert-OH is 6. The van der Waals surface area contributed by atoms with Crippen LogP contribution in [0.25, 0.3) is 0 Å². The lowest BCUT2D eigenvalue weighted by Crippen LogP contribution is -2.29. The van der Waals surface area contributed by atoms with Crippen LogP contribution in [0.4, 0.5) is 0 Å². The molecule has 11 N–H and O–H groups in total. The first-order valence-corrected chi connectivity index (χ1v) is 11.5. The molecule has 0 unspecified atom stereocenters. The molecule has 16 nitrogen and oxygen atoms in total. The van der Waals surface area contributed by atoms with Crippen LogP contribution in [-0.2, 0) is 24.0 Å². The lowest BCUT2D eigenvalue weighted by Gasteiger charge is -2.20. The van der Waals surface area contributed by atoms with Crippen LogP contribution >= 0.6 is 0 Å². The second-order valence-corrected chi connectivity index (χ2v) is 8.37. The summed E-state index contributed by atoms with van der Waals surface area (Å²) >= 11 is 0. The Morgan fingerprint density at radius 1 is 0.488 bits per heavy atom. The Morgan fingerprint density at radius 3 is 0.581 bits per heavy atom. The lowest BCUT2D eigenvalue weighted by molar-refractivity contribution is -0.133. The van der Waals surface area contributed by atoms with Gasteiger partial charge >= 0.3 is 29.8 Å². The van der Waals surface area contributed by atoms with E-state index in [2.05, 4.69) is 32.9 Å². The second-order valence-electron chi connectivity index (χ2n) is 8.37. The summed E-state index contributed by atoms with van der Waals surface area (Å²) in [5.74, 6) is -4.81. The summed E-state index contributed by atoms with van der Waals surface area (Å²) in [5.41, 5.74) is -1.06. The minimum atomic E-state index is -0.981. The lowest BCUT2D eigenvalue weighted by atomic mass is 9.95. The molecule has 0 spiro atoms. The number of hydrogen-bond acceptors (Lipinski definition) is 11. The third-order valence-corrected chi connectivity index (χ3v) is 3.54. The summed E-state index contributed by atoms with van der Waals surface area (Å²) in [6.07, 6.45) is 2.50. The van der Waals surface area contributed by atoms with Gasteiger partial charge in [0.05, 0.1) is 39.6 Å². The van der Waals surface area contributed by atoms with Crippen molar-refractivity contribution in [3.8, 4) is 0 Å². The zero-order chi connectivity index (χ0) is 36.4. The molecule has 0 saturated carbocycles. The Morgan fingerprint density at radius 2 is 0.581 bits per heavy atom. The van der Waals surface area contributed by atoms with Crippen LogP contribution in [0.2, 0.25) is 0 Å². The van der Waals surface area contributed by atoms with E-state index in [0.29, 0.717) is 0 Å². The number of carboxylic acids is 5. The van der Waals surface area contributed by atoms with Gasteiger partial charge in [-0.2, -0.15) is 0 Å². The standard InChI is InChI=1S/2C5H12O3.2C4H6O2.3C3H4O2/c2*1-5(2-6,3-7)4-8;2*1-3(2)4(5)6;3*1-2-3(4)5/h2*6-8H,2-4H2,1H3;2*1H2,2H3,(H,5,6);3*2H,1H2,(H,4,5). The molecule has 0 bridgehead atoms. The quantitative estimate of drug-likeness (QED) is 0.134. The minimum Gasteiger partial charge on any atom is -0.478 e. The fourth-order valence-electron chi connectivity index (χ4n) is 0.300. The summed E-state index contributed by atoms with van der Waals surface area (Å²) in [4.78, 5) is 46.9. The summed E-state index contributed by atoms with van der Waals surface area (Å²) in [7, 11) is 0. The van der Waals surface area contributed by atoms with Gasteiger partial charge in [-0.3, -0.25) is 0 Å². The molecule has 0 aromatic heterocycles. The van der Waals surface area contributed by atoms with Crippen LogP contribution in [0.15, 0.2) is 62.3 Å². The topological polar surface area (TPSA) is 308 Å². The molecular formula is C27H48O16. The first kappa shape index (κ1) is 54.8. The average molecular weight is 629 g/mol. The van der Waals surface area contributed by atoms with Crippen LogP contribution in [-0.4, -0.2) is 126 Å². The van der Waals surface area contributed by atoms with Gasteiger partial charge in [0.25, 0.3) is 0 Å². The third kappa shape index (κ3) is 62.7. The van der Waals surface area contributed by atoms with Gasteiger partial charge < -0.3 is 56.2 Å². The molecule has 0 aliphatic rings. The van der Waals surface area contributed by atoms with Gasteiger partial charge in [0.2, 0.25) is 0 Å². The molecule has 43 heavy (non-hydrogen) atoms. The zero-order valence-electron chi connectivity index (χ0n) is 25.0. The van der Waals surface area contributed by atoms with Gasteiger partial charge in [-0.1, -0.05) is 46.7 Å². The minimum absolute atomic E-state index is 0.176. The van der Waals surface area contributed by atoms with Crippen molar-refractivity contribution >= 4 is 29.8 Å². The molecule has 16 heteroatoms. The van der Waals surface area contributed by atoms with Crippen LogP contribution < -0.4 is 0 Å². The number of hydrogen-bond donors (Lipinski definition) is 11. The molecule has 252 valence electrons. The molecule has 0 fully saturated rings. The molecule has 0 aliphatic carbocycles. The molecule has 0 heterocycles. The molecule has 0 amide bonds. The first-order valence-electron chi connectivity index (χ1n) is 11.5. The smallest absolute Gasteiger partial charge is 0.330 e. The Hall–Kier alpha value is -4.19. The van der Waals surface area contributed by atoms with Crippen molar-refractivity contribution < 1.29 is 80.1 Å². The van der Waals surface area contributed by atoms with E-state index in [1.54, 1.807) is 13.8 Å². The fourth-order valence-corrected chi connectivity index (χ4v) is 0.300. The summed E-state index contributed by atoms with van der Waals surface area (Å²) < 4.78 is 0. The van der Waals surface area contributed by atoms with E-state index >= 15 is 0 Å². The molecule has 0 radical (unpaired) electrons. The highest BCUT2D eigenvalue weighted by molar-refractivity contribution is 5.85. The van der Waals surface area contributed by atoms with E-state index in [4.69, 9.17) is 56.2 Å². The predicted molar refractivity (Wildman–Crippen MR) is 157 cm³/mol. The van der Waals surface area contributed by atoms with E-state index in [-0.39, 0.29) is 50.8 Å². The van der Waals surface area contributed by atoms with E-state index in [0.717, 1.165) is 18.2 Å². The maximum absolute atomic E-state index is 9.60. The molecule has 0 aromatic carbocycles. The van der Waals surface area contributed by atoms with E-state index in [1.807, 2.05) is 0 Å². The molecule has 0 rings (SSSR count). The Balaban J connectivity index is -0.0000000710. The van der Waals surface area contributed by atoms with Crippen LogP contribution in [0.5, 0.6) is 0 Å². The number of carbonyl (C=O) groups is 5. The third-order valence-electron chi connectivity index (χ3n) is 3.54. The normalized spacial score (nSPS) is 8.79. The van der Waals surface area contributed by atoms with E-state index < -0.39 is 40.7 Å². The Kier molecular flexibility index (Phi) is 45.7. The van der Waals surface area contributed by atoms with Gasteiger partial charge in [-0.25, -0.2) is 24.0 Å². The van der Waals surface area contributed by atoms with Crippen molar-refractivity contribution in [2.75, 3.05) is 39.6 Å². The molecule has 0 saturated heterocycles. The summed E-state index contributed by atoms with van der Waals surface area (Å²) in [6, 6.07) is 0. The molecular weight excluding hydrogens is 580 g/mol. The maximum Gasteiger partial charge on any atom is 0.330 e. The predicted octanol–water partition coefficient (Wildman–Crippen LogP) is 0.00440. The molecule has 0 aromatic rings. The highest BCUT2D eigenvalue weighted by Crippen LogP contribution is 2.11. The van der Waals surface area contributed by atoms with Gasteiger partial charge in [-0.15, -0.1) is 0 Å². The van der Waals surface area contributed by atoms with Crippen LogP contribution in [0.3, 0.4) is 0 Å². The average Bonchev–Trinajstić information content (AvgIpc) is 2.97. The van der Waals surface area contributed by atoms with Crippen molar-refractivity contribution in [3.05, 3.63) is 62.3 Å². The largest absolute Gasteiger partial charge is 0.478 e. The SMILES string of the molecule is C=C(C)C(=O)O.C=C(C)C(=O)O.C=CC(=O)O.C=CC(=O)O.C=CC(=O)O.CC(CO)(CO)CO.CC(CO)(CO)CO. The van der Waals surface area contributed by atoms with Crippen molar-refractivity contribution in [2.45, 2.75) is 27.7 Å². The molecule has 0 aliphatic heterocycles. The van der Waals surface area contributed by atoms with Crippen molar-refractivity contribution in [3.63, 3.8) is 0 Å². The van der Waals surface area contributed by atoms with E-state index in [9.17, 15) is 24.0 Å². The fraction of sp³-hybridized carbons (Fsp3) is 0.444. The van der Waals surface area contributed by atoms with Crippen molar-refractivity contribution in [1.82, 2.24) is 0 Å². The number of aliphatic hydroxyl groups is 6. The number of carboxylic acid groups (broad SMARTS) is 5. The second kappa shape index (κ2) is 35.8. The van der Waals surface area contributed by atoms with Crippen LogP contribution in [0, 0.1) is 10.8 Å². The Labute approximate surface area is 250 Å². The first-order chi connectivity index (χ1) is 19.5. The summed E-state index contributed by atoms with van der Waals surface area (Å²) in [6.45, 7) is 20.2. The number of aliphatic carboxylic acids is 5. The monoisotopic (exact) mass is 628 g/mol. The zero-order valence-corrected chi connectivity index (χ0v) is 25.0. The highest BCUT2D eigenvalue weighted by Gasteiger charge is 2.20. The van der Waals surface area contributed by atoms with Crippen molar-refractivity contribution in [1.29, 1.82) is 0 Å². The van der Waals surface area contributed by atoms with Crippen LogP contribution in [0.1, 0.15) is 27.7 Å². The van der Waals surface area contributed by atoms with Crippen molar-refractivity contribution in [2.24, 2.45) is 10.8 Å². The maximum atomic E-state index is 9.60. The molecule has 0 atom stereocenters. The number of rotatable bonds is 11. The van der Waals surface area contributed by atoms with Gasteiger partial charge in [0.1, 0.15) is 0 Å². The van der Waals surface area contributed by atoms with E-state index in [1.165, 1.54) is 13.8 Å². The highest BCUT2D eigenvalue weighted by atomic mass is 16.4. The Bertz CT molecular complexity index is 713. The van der Waals surface area contributed by atoms with Gasteiger partial charge in [0.15, 0.2) is 0 Å². The van der Waals surface area contributed by atoms with Gasteiger partial charge in [-0.05, 0) is 13.8 Å². The van der Waals surface area contributed by atoms with Gasteiger partial charge in [0, 0.05) is 40.2 Å². The summed E-state index contributed by atoms with van der Waals surface area (Å²) in [5, 5.41) is 89.4.